The summed E-state index contributed by atoms with van der Waals surface area (Å²) in [4.78, 5) is 19.1. The number of Topliss-reactive ketones (excluding diaryl/α,β-unsaturated/α-hetero) is 1. The van der Waals surface area contributed by atoms with Crippen LogP contribution < -0.4 is 9.47 Å². The van der Waals surface area contributed by atoms with Gasteiger partial charge in [-0.15, -0.1) is 0 Å². The number of ether oxygens (including phenoxy) is 2. The van der Waals surface area contributed by atoms with Crippen molar-refractivity contribution in [2.75, 3.05) is 6.73 Å². The summed E-state index contributed by atoms with van der Waals surface area (Å²) in [5, 5.41) is 0.648. The van der Waals surface area contributed by atoms with Crippen LogP contribution in [-0.2, 0) is 13.1 Å². The van der Waals surface area contributed by atoms with Gasteiger partial charge in [-0.1, -0.05) is 23.7 Å². The lowest BCUT2D eigenvalue weighted by atomic mass is 10.0. The Hall–Kier alpha value is -3.15. The van der Waals surface area contributed by atoms with E-state index in [2.05, 4.69) is 9.88 Å². The summed E-state index contributed by atoms with van der Waals surface area (Å²) in [6.07, 6.45) is 5.30. The van der Waals surface area contributed by atoms with Gasteiger partial charge in [-0.3, -0.25) is 14.7 Å². The molecule has 0 bridgehead atoms. The minimum atomic E-state index is -0.121. The molecule has 0 saturated heterocycles. The Balaban J connectivity index is 1.43. The van der Waals surface area contributed by atoms with Gasteiger partial charge in [0, 0.05) is 30.5 Å². The molecule has 0 atom stereocenters. The summed E-state index contributed by atoms with van der Waals surface area (Å²) in [7, 11) is 0. The second-order valence-corrected chi connectivity index (χ2v) is 7.46. The second kappa shape index (κ2) is 7.35. The molecule has 6 heteroatoms. The van der Waals surface area contributed by atoms with E-state index in [0.29, 0.717) is 35.4 Å². The van der Waals surface area contributed by atoms with Gasteiger partial charge >= 0.3 is 0 Å². The van der Waals surface area contributed by atoms with Crippen LogP contribution in [0.15, 0.2) is 66.7 Å². The standard InChI is InChI=1S/C23H17ClN2O3/c24-17-3-1-15(2-4-17)11-21-22(27)18-5-6-20-19(23(18)29-21)13-26(14-28-20)12-16-7-9-25-10-8-16/h1-11H,12-14H2/b21-11-. The van der Waals surface area contributed by atoms with Crippen molar-refractivity contribution in [1.82, 2.24) is 9.88 Å². The highest BCUT2D eigenvalue weighted by Gasteiger charge is 2.33. The lowest BCUT2D eigenvalue weighted by molar-refractivity contribution is 0.0872. The minimum absolute atomic E-state index is 0.121. The summed E-state index contributed by atoms with van der Waals surface area (Å²) in [5.74, 6) is 1.54. The maximum atomic E-state index is 12.8. The Bertz CT molecular complexity index is 1110. The largest absolute Gasteiger partial charge is 0.478 e. The molecule has 5 rings (SSSR count). The molecule has 3 heterocycles. The topological polar surface area (TPSA) is 51.7 Å². The van der Waals surface area contributed by atoms with Gasteiger partial charge in [-0.2, -0.15) is 0 Å². The van der Waals surface area contributed by atoms with Crippen molar-refractivity contribution in [3.05, 3.63) is 94.0 Å². The molecular formula is C23H17ClN2O3. The molecule has 0 N–H and O–H groups in total. The van der Waals surface area contributed by atoms with Crippen LogP contribution in [0.3, 0.4) is 0 Å². The van der Waals surface area contributed by atoms with Gasteiger partial charge in [0.2, 0.25) is 5.78 Å². The van der Waals surface area contributed by atoms with Crippen molar-refractivity contribution in [1.29, 1.82) is 0 Å². The van der Waals surface area contributed by atoms with E-state index < -0.39 is 0 Å². The smallest absolute Gasteiger partial charge is 0.231 e. The average Bonchev–Trinajstić information content (AvgIpc) is 3.06. The van der Waals surface area contributed by atoms with Gasteiger partial charge in [-0.05, 0) is 53.6 Å². The van der Waals surface area contributed by atoms with Crippen LogP contribution in [0, 0.1) is 0 Å². The van der Waals surface area contributed by atoms with Gasteiger partial charge in [0.25, 0.3) is 0 Å². The highest BCUT2D eigenvalue weighted by Crippen LogP contribution is 2.42. The molecule has 2 aliphatic rings. The Kier molecular flexibility index (Phi) is 4.54. The fourth-order valence-corrected chi connectivity index (χ4v) is 3.69. The number of halogens is 1. The lowest BCUT2D eigenvalue weighted by Gasteiger charge is -2.29. The maximum absolute atomic E-state index is 12.8. The number of fused-ring (bicyclic) bond motifs is 3. The fraction of sp³-hybridized carbons (Fsp3) is 0.130. The van der Waals surface area contributed by atoms with Crippen molar-refractivity contribution < 1.29 is 14.3 Å². The second-order valence-electron chi connectivity index (χ2n) is 7.03. The van der Waals surface area contributed by atoms with E-state index >= 15 is 0 Å². The number of nitrogens with zero attached hydrogens (tertiary/aromatic N) is 2. The zero-order valence-corrected chi connectivity index (χ0v) is 16.2. The molecule has 0 spiro atoms. The number of ketones is 1. The first kappa shape index (κ1) is 17.9. The molecule has 0 fully saturated rings. The van der Waals surface area contributed by atoms with Gasteiger partial charge in [0.05, 0.1) is 11.1 Å². The van der Waals surface area contributed by atoms with E-state index in [4.69, 9.17) is 21.1 Å². The average molecular weight is 405 g/mol. The number of aromatic nitrogens is 1. The van der Waals surface area contributed by atoms with Crippen molar-refractivity contribution in [2.24, 2.45) is 0 Å². The monoisotopic (exact) mass is 404 g/mol. The maximum Gasteiger partial charge on any atom is 0.231 e. The van der Waals surface area contributed by atoms with Crippen LogP contribution in [0.5, 0.6) is 11.5 Å². The summed E-state index contributed by atoms with van der Waals surface area (Å²) in [5.41, 5.74) is 3.48. The van der Waals surface area contributed by atoms with Crippen LogP contribution in [0.2, 0.25) is 5.02 Å². The van der Waals surface area contributed by atoms with Crippen LogP contribution in [-0.4, -0.2) is 22.4 Å². The third-order valence-electron chi connectivity index (χ3n) is 5.01. The molecule has 3 aromatic rings. The molecule has 2 aromatic carbocycles. The molecular weight excluding hydrogens is 388 g/mol. The molecule has 0 aliphatic carbocycles. The lowest BCUT2D eigenvalue weighted by Crippen LogP contribution is -2.31. The van der Waals surface area contributed by atoms with Crippen molar-refractivity contribution in [2.45, 2.75) is 13.1 Å². The minimum Gasteiger partial charge on any atom is -0.478 e. The fourth-order valence-electron chi connectivity index (χ4n) is 3.56. The molecule has 5 nitrogen and oxygen atoms in total. The summed E-state index contributed by atoms with van der Waals surface area (Å²) in [6, 6.07) is 14.9. The first-order chi connectivity index (χ1) is 14.2. The third-order valence-corrected chi connectivity index (χ3v) is 5.26. The Morgan fingerprint density at radius 3 is 2.66 bits per heavy atom. The zero-order chi connectivity index (χ0) is 19.8. The summed E-state index contributed by atoms with van der Waals surface area (Å²) in [6.45, 7) is 1.85. The van der Waals surface area contributed by atoms with E-state index in [1.54, 1.807) is 36.7 Å². The van der Waals surface area contributed by atoms with E-state index in [-0.39, 0.29) is 5.78 Å². The number of carbonyl (C=O) groups is 1. The highest BCUT2D eigenvalue weighted by atomic mass is 35.5. The Morgan fingerprint density at radius 1 is 1.07 bits per heavy atom. The van der Waals surface area contributed by atoms with Crippen molar-refractivity contribution in [3.8, 4) is 11.5 Å². The number of allylic oxidation sites excluding steroid dienone is 1. The van der Waals surface area contributed by atoms with Gasteiger partial charge in [-0.25, -0.2) is 0 Å². The van der Waals surface area contributed by atoms with Gasteiger partial charge < -0.3 is 9.47 Å². The molecule has 0 saturated carbocycles. The molecule has 29 heavy (non-hydrogen) atoms. The summed E-state index contributed by atoms with van der Waals surface area (Å²) >= 11 is 5.94. The highest BCUT2D eigenvalue weighted by molar-refractivity contribution is 6.30. The normalized spacial score (nSPS) is 16.9. The number of hydrogen-bond acceptors (Lipinski definition) is 5. The van der Waals surface area contributed by atoms with E-state index in [1.807, 2.05) is 30.3 Å². The SMILES string of the molecule is O=C1/C(=C/c2ccc(Cl)cc2)Oc2c1ccc1c2CN(Cc2ccncc2)CO1. The first-order valence-corrected chi connectivity index (χ1v) is 9.65. The molecule has 0 unspecified atom stereocenters. The zero-order valence-electron chi connectivity index (χ0n) is 15.5. The predicted octanol–water partition coefficient (Wildman–Crippen LogP) is 4.70. The first-order valence-electron chi connectivity index (χ1n) is 9.27. The molecule has 0 radical (unpaired) electrons. The summed E-state index contributed by atoms with van der Waals surface area (Å²) < 4.78 is 11.9. The number of rotatable bonds is 3. The van der Waals surface area contributed by atoms with E-state index in [9.17, 15) is 4.79 Å². The molecule has 0 amide bonds. The quantitative estimate of drug-likeness (QED) is 0.592. The molecule has 2 aliphatic heterocycles. The van der Waals surface area contributed by atoms with Crippen LogP contribution in [0.4, 0.5) is 0 Å². The van der Waals surface area contributed by atoms with E-state index in [0.717, 1.165) is 29.0 Å². The van der Waals surface area contributed by atoms with E-state index in [1.165, 1.54) is 0 Å². The Morgan fingerprint density at radius 2 is 1.86 bits per heavy atom. The number of benzene rings is 2. The number of carbonyl (C=O) groups excluding carboxylic acids is 1. The van der Waals surface area contributed by atoms with Gasteiger partial charge in [0.1, 0.15) is 18.2 Å². The van der Waals surface area contributed by atoms with Crippen LogP contribution in [0.1, 0.15) is 27.0 Å². The number of hydrogen-bond donors (Lipinski definition) is 0. The Labute approximate surface area is 173 Å². The molecule has 144 valence electrons. The molecule has 1 aromatic heterocycles. The van der Waals surface area contributed by atoms with Crippen molar-refractivity contribution >= 4 is 23.5 Å². The van der Waals surface area contributed by atoms with Crippen LogP contribution >= 0.6 is 11.6 Å². The van der Waals surface area contributed by atoms with Crippen LogP contribution in [0.25, 0.3) is 6.08 Å². The predicted molar refractivity (Wildman–Crippen MR) is 110 cm³/mol. The third kappa shape index (κ3) is 3.50. The van der Waals surface area contributed by atoms with Gasteiger partial charge in [0.15, 0.2) is 5.76 Å². The number of pyridine rings is 1. The van der Waals surface area contributed by atoms with Crippen molar-refractivity contribution in [3.63, 3.8) is 0 Å².